The minimum Gasteiger partial charge on any atom is -0.314 e. The first-order valence-corrected chi connectivity index (χ1v) is 7.52. The second kappa shape index (κ2) is 6.37. The number of hydrogen-bond donors (Lipinski definition) is 2. The fourth-order valence-corrected chi connectivity index (χ4v) is 2.93. The lowest BCUT2D eigenvalue weighted by Crippen LogP contribution is -2.40. The molecule has 106 valence electrons. The van der Waals surface area contributed by atoms with Crippen molar-refractivity contribution in [2.45, 2.75) is 37.6 Å². The Balaban J connectivity index is 1.34. The van der Waals surface area contributed by atoms with Gasteiger partial charge < -0.3 is 5.32 Å². The molecule has 20 heavy (non-hydrogen) atoms. The van der Waals surface area contributed by atoms with Gasteiger partial charge in [-0.3, -0.25) is 5.10 Å². The first kappa shape index (κ1) is 13.6. The van der Waals surface area contributed by atoms with Crippen LogP contribution in [0, 0.1) is 0 Å². The molecule has 4 nitrogen and oxygen atoms in total. The SMILES string of the molecule is Clc1cccc(C2CC(NCCCc3ncn[nH]3)C2)c1. The van der Waals surface area contributed by atoms with Crippen molar-refractivity contribution >= 4 is 11.6 Å². The van der Waals surface area contributed by atoms with E-state index < -0.39 is 0 Å². The van der Waals surface area contributed by atoms with Crippen molar-refractivity contribution in [1.29, 1.82) is 0 Å². The van der Waals surface area contributed by atoms with Gasteiger partial charge >= 0.3 is 0 Å². The van der Waals surface area contributed by atoms with Crippen LogP contribution in [0.25, 0.3) is 0 Å². The summed E-state index contributed by atoms with van der Waals surface area (Å²) >= 11 is 6.03. The fraction of sp³-hybridized carbons (Fsp3) is 0.467. The molecule has 1 aromatic heterocycles. The molecule has 0 radical (unpaired) electrons. The number of aromatic amines is 1. The highest BCUT2D eigenvalue weighted by Gasteiger charge is 2.29. The minimum absolute atomic E-state index is 0.647. The highest BCUT2D eigenvalue weighted by Crippen LogP contribution is 2.37. The van der Waals surface area contributed by atoms with E-state index in [4.69, 9.17) is 11.6 Å². The lowest BCUT2D eigenvalue weighted by Gasteiger charge is -2.36. The van der Waals surface area contributed by atoms with Gasteiger partial charge in [-0.2, -0.15) is 5.10 Å². The highest BCUT2D eigenvalue weighted by molar-refractivity contribution is 6.30. The van der Waals surface area contributed by atoms with Crippen LogP contribution in [0.2, 0.25) is 5.02 Å². The van der Waals surface area contributed by atoms with E-state index in [-0.39, 0.29) is 0 Å². The van der Waals surface area contributed by atoms with Crippen LogP contribution in [0.4, 0.5) is 0 Å². The van der Waals surface area contributed by atoms with E-state index in [1.807, 2.05) is 12.1 Å². The van der Waals surface area contributed by atoms with Crippen LogP contribution in [-0.4, -0.2) is 27.8 Å². The monoisotopic (exact) mass is 290 g/mol. The molecule has 0 bridgehead atoms. The van der Waals surface area contributed by atoms with Crippen molar-refractivity contribution < 1.29 is 0 Å². The third-order valence-electron chi connectivity index (χ3n) is 3.95. The van der Waals surface area contributed by atoms with Crippen LogP contribution in [-0.2, 0) is 6.42 Å². The standard InChI is InChI=1S/C15H19ClN4/c16-13-4-1-3-11(7-13)12-8-14(9-12)17-6-2-5-15-18-10-19-20-15/h1,3-4,7,10,12,14,17H,2,5-6,8-9H2,(H,18,19,20). The number of nitrogens with zero attached hydrogens (tertiary/aromatic N) is 2. The van der Waals surface area contributed by atoms with E-state index in [2.05, 4.69) is 32.6 Å². The van der Waals surface area contributed by atoms with Crippen LogP contribution in [0.1, 0.15) is 36.6 Å². The molecule has 0 amide bonds. The highest BCUT2D eigenvalue weighted by atomic mass is 35.5. The summed E-state index contributed by atoms with van der Waals surface area (Å²) in [6.07, 6.45) is 6.03. The predicted molar refractivity (Wildman–Crippen MR) is 79.9 cm³/mol. The first-order valence-electron chi connectivity index (χ1n) is 7.14. The average Bonchev–Trinajstić information content (AvgIpc) is 2.89. The van der Waals surface area contributed by atoms with E-state index in [0.717, 1.165) is 30.2 Å². The molecule has 0 aliphatic heterocycles. The Hall–Kier alpha value is -1.39. The van der Waals surface area contributed by atoms with Gasteiger partial charge in [0, 0.05) is 17.5 Å². The smallest absolute Gasteiger partial charge is 0.137 e. The Labute approximate surface area is 124 Å². The molecule has 1 saturated carbocycles. The third-order valence-corrected chi connectivity index (χ3v) is 4.18. The summed E-state index contributed by atoms with van der Waals surface area (Å²) in [5.41, 5.74) is 1.37. The van der Waals surface area contributed by atoms with Crippen LogP contribution in [0.5, 0.6) is 0 Å². The molecule has 0 unspecified atom stereocenters. The first-order chi connectivity index (χ1) is 9.81. The molecule has 2 N–H and O–H groups in total. The van der Waals surface area contributed by atoms with Crippen molar-refractivity contribution in [2.24, 2.45) is 0 Å². The number of rotatable bonds is 6. The second-order valence-electron chi connectivity index (χ2n) is 5.41. The van der Waals surface area contributed by atoms with Crippen LogP contribution >= 0.6 is 11.6 Å². The lowest BCUT2D eigenvalue weighted by molar-refractivity contribution is 0.290. The fourth-order valence-electron chi connectivity index (χ4n) is 2.73. The van der Waals surface area contributed by atoms with Crippen LogP contribution in [0.3, 0.4) is 0 Å². The number of nitrogens with one attached hydrogen (secondary N) is 2. The zero-order valence-electron chi connectivity index (χ0n) is 11.3. The Morgan fingerprint density at radius 3 is 3.00 bits per heavy atom. The number of aryl methyl sites for hydroxylation is 1. The zero-order valence-corrected chi connectivity index (χ0v) is 12.1. The number of halogens is 1. The molecule has 5 heteroatoms. The van der Waals surface area contributed by atoms with Gasteiger partial charge in [0.25, 0.3) is 0 Å². The van der Waals surface area contributed by atoms with E-state index >= 15 is 0 Å². The van der Waals surface area contributed by atoms with Crippen molar-refractivity contribution in [3.05, 3.63) is 47.0 Å². The largest absolute Gasteiger partial charge is 0.314 e. The summed E-state index contributed by atoms with van der Waals surface area (Å²) in [6.45, 7) is 1.04. The summed E-state index contributed by atoms with van der Waals surface area (Å²) in [4.78, 5) is 4.12. The van der Waals surface area contributed by atoms with Gasteiger partial charge in [-0.05, 0) is 49.4 Å². The van der Waals surface area contributed by atoms with Crippen LogP contribution in [0.15, 0.2) is 30.6 Å². The van der Waals surface area contributed by atoms with E-state index in [0.29, 0.717) is 12.0 Å². The maximum Gasteiger partial charge on any atom is 0.137 e. The summed E-state index contributed by atoms with van der Waals surface area (Å²) < 4.78 is 0. The third kappa shape index (κ3) is 3.38. The van der Waals surface area contributed by atoms with Crippen molar-refractivity contribution in [3.63, 3.8) is 0 Å². The van der Waals surface area contributed by atoms with Crippen molar-refractivity contribution in [1.82, 2.24) is 20.5 Å². The molecule has 1 aromatic carbocycles. The Kier molecular flexibility index (Phi) is 4.33. The molecule has 2 aromatic rings. The molecule has 0 atom stereocenters. The quantitative estimate of drug-likeness (QED) is 0.804. The van der Waals surface area contributed by atoms with Gasteiger partial charge in [0.1, 0.15) is 12.2 Å². The van der Waals surface area contributed by atoms with Gasteiger partial charge in [0.05, 0.1) is 0 Å². The maximum atomic E-state index is 6.03. The molecule has 0 spiro atoms. The number of H-pyrrole nitrogens is 1. The van der Waals surface area contributed by atoms with E-state index in [9.17, 15) is 0 Å². The molecular weight excluding hydrogens is 272 g/mol. The average molecular weight is 291 g/mol. The van der Waals surface area contributed by atoms with Gasteiger partial charge in [-0.15, -0.1) is 0 Å². The van der Waals surface area contributed by atoms with Gasteiger partial charge in [-0.1, -0.05) is 23.7 Å². The molecule has 3 rings (SSSR count). The zero-order chi connectivity index (χ0) is 13.8. The summed E-state index contributed by atoms with van der Waals surface area (Å²) in [6, 6.07) is 8.88. The van der Waals surface area contributed by atoms with E-state index in [1.54, 1.807) is 6.33 Å². The Morgan fingerprint density at radius 2 is 2.25 bits per heavy atom. The van der Waals surface area contributed by atoms with Gasteiger partial charge in [0.2, 0.25) is 0 Å². The molecule has 0 saturated heterocycles. The summed E-state index contributed by atoms with van der Waals surface area (Å²) in [5.74, 6) is 1.64. The van der Waals surface area contributed by atoms with Crippen molar-refractivity contribution in [3.8, 4) is 0 Å². The predicted octanol–water partition coefficient (Wildman–Crippen LogP) is 2.93. The number of hydrogen-bond acceptors (Lipinski definition) is 3. The molecule has 1 heterocycles. The maximum absolute atomic E-state index is 6.03. The van der Waals surface area contributed by atoms with Crippen LogP contribution < -0.4 is 5.32 Å². The molecule has 1 aliphatic rings. The second-order valence-corrected chi connectivity index (χ2v) is 5.85. The number of aromatic nitrogens is 3. The lowest BCUT2D eigenvalue weighted by atomic mass is 9.76. The normalized spacial score (nSPS) is 21.6. The summed E-state index contributed by atoms with van der Waals surface area (Å²) in [7, 11) is 0. The molecule has 1 aliphatic carbocycles. The molecular formula is C15H19ClN4. The Morgan fingerprint density at radius 1 is 1.35 bits per heavy atom. The van der Waals surface area contributed by atoms with Crippen molar-refractivity contribution in [2.75, 3.05) is 6.54 Å². The van der Waals surface area contributed by atoms with E-state index in [1.165, 1.54) is 18.4 Å². The number of benzene rings is 1. The Bertz CT molecular complexity index is 535. The van der Waals surface area contributed by atoms with Gasteiger partial charge in [-0.25, -0.2) is 4.98 Å². The van der Waals surface area contributed by atoms with Gasteiger partial charge in [0.15, 0.2) is 0 Å². The topological polar surface area (TPSA) is 53.6 Å². The minimum atomic E-state index is 0.647. The molecule has 1 fully saturated rings. The summed E-state index contributed by atoms with van der Waals surface area (Å²) in [5, 5.41) is 11.2.